The van der Waals surface area contributed by atoms with E-state index >= 15 is 0 Å². The third kappa shape index (κ3) is 2.22. The summed E-state index contributed by atoms with van der Waals surface area (Å²) >= 11 is 1.06. The quantitative estimate of drug-likeness (QED) is 0.932. The largest absolute Gasteiger partial charge is 0.307 e. The van der Waals surface area contributed by atoms with Crippen LogP contribution in [0.1, 0.15) is 19.8 Å². The summed E-state index contributed by atoms with van der Waals surface area (Å²) in [6.07, 6.45) is 1.74. The lowest BCUT2D eigenvalue weighted by molar-refractivity contribution is 0.558. The highest BCUT2D eigenvalue weighted by molar-refractivity contribution is 7.89. The Bertz CT molecular complexity index is 813. The fraction of sp³-hybridized carbons (Fsp3) is 0.417. The second-order valence-corrected chi connectivity index (χ2v) is 7.90. The first-order chi connectivity index (χ1) is 8.81. The number of hydrogen-bond donors (Lipinski definition) is 1. The van der Waals surface area contributed by atoms with Crippen LogP contribution >= 0.6 is 11.3 Å². The average Bonchev–Trinajstić information content (AvgIpc) is 2.96. The monoisotopic (exact) mass is 298 g/mol. The lowest BCUT2D eigenvalue weighted by Crippen LogP contribution is -2.34. The summed E-state index contributed by atoms with van der Waals surface area (Å²) in [5.41, 5.74) is 0.462. The number of nitrogens with one attached hydrogen (secondary N) is 1. The molecule has 0 spiro atoms. The molecule has 0 aliphatic heterocycles. The smallest absolute Gasteiger partial charge is 0.302 e. The van der Waals surface area contributed by atoms with Crippen molar-refractivity contribution in [1.82, 2.24) is 9.29 Å². The zero-order chi connectivity index (χ0) is 13.8. The third-order valence-electron chi connectivity index (χ3n) is 3.45. The van der Waals surface area contributed by atoms with Gasteiger partial charge in [0.15, 0.2) is 0 Å². The molecule has 0 radical (unpaired) electrons. The molecule has 0 amide bonds. The topological polar surface area (TPSA) is 68.2 Å². The van der Waals surface area contributed by atoms with Gasteiger partial charge in [0.05, 0.1) is 15.1 Å². The van der Waals surface area contributed by atoms with Gasteiger partial charge in [0.1, 0.15) is 0 Å². The molecule has 0 bridgehead atoms. The van der Waals surface area contributed by atoms with Crippen molar-refractivity contribution in [2.24, 2.45) is 7.05 Å². The van der Waals surface area contributed by atoms with Gasteiger partial charge in [-0.05, 0) is 38.0 Å². The number of thiazole rings is 1. The molecular formula is C12H14N2O3S2. The predicted molar refractivity (Wildman–Crippen MR) is 75.0 cm³/mol. The van der Waals surface area contributed by atoms with Crippen molar-refractivity contribution in [2.75, 3.05) is 0 Å². The number of fused-ring (bicyclic) bond motifs is 1. The molecule has 1 heterocycles. The number of rotatable bonds is 3. The molecule has 2 aromatic rings. The van der Waals surface area contributed by atoms with E-state index in [2.05, 4.69) is 4.72 Å². The Morgan fingerprint density at radius 3 is 2.68 bits per heavy atom. The Balaban J connectivity index is 2.08. The molecule has 1 saturated carbocycles. The summed E-state index contributed by atoms with van der Waals surface area (Å²) in [5.74, 6) is 0. The van der Waals surface area contributed by atoms with E-state index in [1.165, 1.54) is 4.57 Å². The van der Waals surface area contributed by atoms with Crippen LogP contribution in [0.15, 0.2) is 27.9 Å². The molecule has 1 fully saturated rings. The minimum absolute atomic E-state index is 0.0911. The van der Waals surface area contributed by atoms with Gasteiger partial charge in [-0.3, -0.25) is 4.79 Å². The highest BCUT2D eigenvalue weighted by atomic mass is 32.2. The summed E-state index contributed by atoms with van der Waals surface area (Å²) in [6, 6.07) is 4.79. The maximum absolute atomic E-state index is 12.2. The van der Waals surface area contributed by atoms with Crippen molar-refractivity contribution in [3.8, 4) is 0 Å². The van der Waals surface area contributed by atoms with Gasteiger partial charge >= 0.3 is 4.87 Å². The minimum Gasteiger partial charge on any atom is -0.302 e. The Hall–Kier alpha value is -1.18. The highest BCUT2D eigenvalue weighted by Gasteiger charge is 2.41. The second kappa shape index (κ2) is 3.91. The summed E-state index contributed by atoms with van der Waals surface area (Å²) in [7, 11) is -1.83. The first-order valence-electron chi connectivity index (χ1n) is 5.94. The van der Waals surface area contributed by atoms with Crippen LogP contribution in [0.25, 0.3) is 10.2 Å². The first-order valence-corrected chi connectivity index (χ1v) is 8.24. The average molecular weight is 298 g/mol. The van der Waals surface area contributed by atoms with E-state index < -0.39 is 10.0 Å². The van der Waals surface area contributed by atoms with E-state index in [1.54, 1.807) is 25.2 Å². The molecule has 19 heavy (non-hydrogen) atoms. The number of benzene rings is 1. The van der Waals surface area contributed by atoms with Crippen molar-refractivity contribution in [2.45, 2.75) is 30.2 Å². The molecule has 102 valence electrons. The molecule has 1 aliphatic rings. The van der Waals surface area contributed by atoms with E-state index in [-0.39, 0.29) is 15.3 Å². The lowest BCUT2D eigenvalue weighted by atomic mass is 10.3. The van der Waals surface area contributed by atoms with Crippen LogP contribution in [-0.4, -0.2) is 18.5 Å². The molecule has 1 aromatic carbocycles. The van der Waals surface area contributed by atoms with Gasteiger partial charge in [0.2, 0.25) is 10.0 Å². The number of nitrogens with zero attached hydrogens (tertiary/aromatic N) is 1. The highest BCUT2D eigenvalue weighted by Crippen LogP contribution is 2.36. The Morgan fingerprint density at radius 1 is 1.37 bits per heavy atom. The molecule has 1 N–H and O–H groups in total. The van der Waals surface area contributed by atoms with Crippen LogP contribution in [0.4, 0.5) is 0 Å². The lowest BCUT2D eigenvalue weighted by Gasteiger charge is -2.12. The van der Waals surface area contributed by atoms with Gasteiger partial charge in [-0.1, -0.05) is 11.3 Å². The molecule has 0 atom stereocenters. The van der Waals surface area contributed by atoms with E-state index in [9.17, 15) is 13.2 Å². The molecule has 5 nitrogen and oxygen atoms in total. The Kier molecular flexibility index (Phi) is 2.64. The Labute approximate surface area is 114 Å². The maximum atomic E-state index is 12.2. The first kappa shape index (κ1) is 12.8. The van der Waals surface area contributed by atoms with Crippen LogP contribution in [0, 0.1) is 0 Å². The number of aromatic nitrogens is 1. The SMILES string of the molecule is Cn1c(=O)sc2cc(S(=O)(=O)NC3(C)CC3)ccc21. The van der Waals surface area contributed by atoms with Crippen LogP contribution in [0.2, 0.25) is 0 Å². The summed E-state index contributed by atoms with van der Waals surface area (Å²) in [5, 5.41) is 0. The van der Waals surface area contributed by atoms with Crippen LogP contribution in [-0.2, 0) is 17.1 Å². The molecule has 7 heteroatoms. The maximum Gasteiger partial charge on any atom is 0.307 e. The van der Waals surface area contributed by atoms with Gasteiger partial charge in [0, 0.05) is 12.6 Å². The summed E-state index contributed by atoms with van der Waals surface area (Å²) in [4.78, 5) is 11.7. The van der Waals surface area contributed by atoms with Crippen molar-refractivity contribution < 1.29 is 8.42 Å². The van der Waals surface area contributed by atoms with E-state index in [1.807, 2.05) is 6.92 Å². The minimum atomic E-state index is -3.51. The van der Waals surface area contributed by atoms with Crippen molar-refractivity contribution in [3.05, 3.63) is 27.9 Å². The number of sulfonamides is 1. The van der Waals surface area contributed by atoms with Crippen molar-refractivity contribution in [3.63, 3.8) is 0 Å². The van der Waals surface area contributed by atoms with Gasteiger partial charge in [0.25, 0.3) is 0 Å². The number of hydrogen-bond acceptors (Lipinski definition) is 4. The summed E-state index contributed by atoms with van der Waals surface area (Å²) in [6.45, 7) is 1.89. The van der Waals surface area contributed by atoms with Crippen LogP contribution in [0.5, 0.6) is 0 Å². The predicted octanol–water partition coefficient (Wildman–Crippen LogP) is 1.43. The molecule has 1 aliphatic carbocycles. The van der Waals surface area contributed by atoms with Gasteiger partial charge in [-0.15, -0.1) is 0 Å². The van der Waals surface area contributed by atoms with E-state index in [0.29, 0.717) is 4.70 Å². The normalized spacial score (nSPS) is 17.8. The molecule has 3 rings (SSSR count). The third-order valence-corrected chi connectivity index (χ3v) is 6.09. The zero-order valence-electron chi connectivity index (χ0n) is 10.6. The van der Waals surface area contributed by atoms with Gasteiger partial charge < -0.3 is 4.57 Å². The number of aryl methyl sites for hydroxylation is 1. The van der Waals surface area contributed by atoms with Crippen molar-refractivity contribution in [1.29, 1.82) is 0 Å². The van der Waals surface area contributed by atoms with E-state index in [0.717, 1.165) is 29.7 Å². The summed E-state index contributed by atoms with van der Waals surface area (Å²) < 4.78 is 29.4. The van der Waals surface area contributed by atoms with E-state index in [4.69, 9.17) is 0 Å². The standard InChI is InChI=1S/C12H14N2O3S2/c1-12(5-6-12)13-19(16,17)8-3-4-9-10(7-8)18-11(15)14(9)2/h3-4,7,13H,5-6H2,1-2H3. The molecule has 0 unspecified atom stereocenters. The fourth-order valence-electron chi connectivity index (χ4n) is 1.95. The second-order valence-electron chi connectivity index (χ2n) is 5.22. The zero-order valence-corrected chi connectivity index (χ0v) is 12.3. The van der Waals surface area contributed by atoms with Crippen molar-refractivity contribution >= 4 is 31.6 Å². The molecule has 0 saturated heterocycles. The fourth-order valence-corrected chi connectivity index (χ4v) is 4.44. The molecular weight excluding hydrogens is 284 g/mol. The van der Waals surface area contributed by atoms with Crippen LogP contribution < -0.4 is 9.60 Å². The Morgan fingerprint density at radius 2 is 2.05 bits per heavy atom. The molecule has 1 aromatic heterocycles. The van der Waals surface area contributed by atoms with Gasteiger partial charge in [-0.25, -0.2) is 13.1 Å². The van der Waals surface area contributed by atoms with Gasteiger partial charge in [-0.2, -0.15) is 0 Å². The van der Waals surface area contributed by atoms with Crippen LogP contribution in [0.3, 0.4) is 0 Å².